The topological polar surface area (TPSA) is 77.8 Å². The van der Waals surface area contributed by atoms with E-state index < -0.39 is 11.6 Å². The molecule has 0 radical (unpaired) electrons. The molecule has 0 spiro atoms. The smallest absolute Gasteiger partial charge is 0.303 e. The van der Waals surface area contributed by atoms with Crippen LogP contribution >= 0.6 is 0 Å². The molecule has 0 saturated heterocycles. The Balaban J connectivity index is 1.60. The number of carboxylic acid groups (broad SMARTS) is 1. The summed E-state index contributed by atoms with van der Waals surface area (Å²) < 4.78 is 0. The number of aliphatic carboxylic acids is 1. The van der Waals surface area contributed by atoms with Crippen molar-refractivity contribution >= 4 is 5.97 Å². The van der Waals surface area contributed by atoms with Crippen molar-refractivity contribution in [1.82, 2.24) is 0 Å². The van der Waals surface area contributed by atoms with E-state index in [1.165, 1.54) is 5.57 Å². The molecule has 4 aliphatic carbocycles. The summed E-state index contributed by atoms with van der Waals surface area (Å²) in [6, 6.07) is 0. The van der Waals surface area contributed by atoms with Crippen LogP contribution in [0.25, 0.3) is 0 Å². The van der Waals surface area contributed by atoms with E-state index in [4.69, 9.17) is 5.11 Å². The van der Waals surface area contributed by atoms with Crippen LogP contribution in [0.15, 0.2) is 11.6 Å². The Labute approximate surface area is 156 Å². The van der Waals surface area contributed by atoms with Gasteiger partial charge < -0.3 is 15.3 Å². The maximum absolute atomic E-state index is 11.4. The molecule has 4 rings (SSSR count). The second-order valence-electron chi connectivity index (χ2n) is 10.1. The summed E-state index contributed by atoms with van der Waals surface area (Å²) in [6.07, 6.45) is 10.4. The zero-order valence-corrected chi connectivity index (χ0v) is 16.2. The number of aliphatic hydroxyl groups is 2. The van der Waals surface area contributed by atoms with Crippen LogP contribution in [0.3, 0.4) is 0 Å². The van der Waals surface area contributed by atoms with E-state index in [0.29, 0.717) is 24.2 Å². The number of carboxylic acids is 1. The van der Waals surface area contributed by atoms with Crippen molar-refractivity contribution in [2.45, 2.75) is 89.8 Å². The zero-order valence-electron chi connectivity index (χ0n) is 16.2. The molecular weight excluding hydrogens is 328 g/mol. The molecule has 0 aliphatic heterocycles. The second-order valence-corrected chi connectivity index (χ2v) is 10.1. The molecule has 0 amide bonds. The van der Waals surface area contributed by atoms with Crippen molar-refractivity contribution in [3.63, 3.8) is 0 Å². The van der Waals surface area contributed by atoms with Crippen LogP contribution in [-0.4, -0.2) is 33.0 Å². The third-order valence-electron chi connectivity index (χ3n) is 9.16. The lowest BCUT2D eigenvalue weighted by atomic mass is 9.46. The number of hydrogen-bond donors (Lipinski definition) is 3. The number of rotatable bonds is 3. The van der Waals surface area contributed by atoms with Gasteiger partial charge in [0.25, 0.3) is 0 Å². The number of allylic oxidation sites excluding steroid dienone is 1. The van der Waals surface area contributed by atoms with Gasteiger partial charge in [-0.25, -0.2) is 0 Å². The molecule has 4 nitrogen and oxygen atoms in total. The van der Waals surface area contributed by atoms with Crippen LogP contribution in [0.5, 0.6) is 0 Å². The predicted molar refractivity (Wildman–Crippen MR) is 99.5 cm³/mol. The van der Waals surface area contributed by atoms with Gasteiger partial charge in [0.05, 0.1) is 11.7 Å². The molecule has 146 valence electrons. The summed E-state index contributed by atoms with van der Waals surface area (Å²) in [6.45, 7) is 4.65. The lowest BCUT2D eigenvalue weighted by molar-refractivity contribution is -0.147. The third kappa shape index (κ3) is 2.51. The first-order chi connectivity index (χ1) is 12.2. The SMILES string of the molecule is CC12CCC(O)C=C1CCC1C2CCC2(C)C1CCC2(O)CCC(=O)O. The van der Waals surface area contributed by atoms with Gasteiger partial charge in [0.2, 0.25) is 0 Å². The van der Waals surface area contributed by atoms with Crippen LogP contribution in [0, 0.1) is 28.6 Å². The number of aliphatic hydroxyl groups excluding tert-OH is 1. The summed E-state index contributed by atoms with van der Waals surface area (Å²) in [7, 11) is 0. The summed E-state index contributed by atoms with van der Waals surface area (Å²) in [5.41, 5.74) is 0.724. The first kappa shape index (κ1) is 18.5. The Morgan fingerprint density at radius 3 is 2.58 bits per heavy atom. The molecule has 0 aromatic carbocycles. The molecular formula is C22H34O4. The average Bonchev–Trinajstić information content (AvgIpc) is 2.86. The quantitative estimate of drug-likeness (QED) is 0.665. The maximum Gasteiger partial charge on any atom is 0.303 e. The molecule has 3 saturated carbocycles. The fourth-order valence-electron chi connectivity index (χ4n) is 7.54. The van der Waals surface area contributed by atoms with Gasteiger partial charge in [0.15, 0.2) is 0 Å². The van der Waals surface area contributed by atoms with Crippen molar-refractivity contribution in [2.75, 3.05) is 0 Å². The fraction of sp³-hybridized carbons (Fsp3) is 0.864. The Kier molecular flexibility index (Phi) is 4.31. The molecule has 26 heavy (non-hydrogen) atoms. The van der Waals surface area contributed by atoms with Crippen molar-refractivity contribution in [3.8, 4) is 0 Å². The second kappa shape index (κ2) is 6.07. The average molecular weight is 363 g/mol. The molecule has 4 aliphatic rings. The van der Waals surface area contributed by atoms with Crippen LogP contribution in [0.4, 0.5) is 0 Å². The van der Waals surface area contributed by atoms with Crippen molar-refractivity contribution in [3.05, 3.63) is 11.6 Å². The highest BCUT2D eigenvalue weighted by Gasteiger charge is 2.63. The predicted octanol–water partition coefficient (Wildman–Crippen LogP) is 3.91. The standard InChI is InChI=1S/C22H34O4/c1-20-9-5-15(23)13-14(20)3-4-16-17(20)6-10-21(2)18(16)7-11-22(21,26)12-8-19(24)25/h13,15-18,23,26H,3-12H2,1-2H3,(H,24,25). The van der Waals surface area contributed by atoms with Gasteiger partial charge in [-0.15, -0.1) is 0 Å². The number of carbonyl (C=O) groups is 1. The van der Waals surface area contributed by atoms with Crippen LogP contribution in [-0.2, 0) is 4.79 Å². The lowest BCUT2D eigenvalue weighted by Gasteiger charge is -2.59. The monoisotopic (exact) mass is 362 g/mol. The van der Waals surface area contributed by atoms with E-state index in [-0.39, 0.29) is 23.4 Å². The van der Waals surface area contributed by atoms with Gasteiger partial charge in [-0.2, -0.15) is 0 Å². The molecule has 0 heterocycles. The Morgan fingerprint density at radius 2 is 1.85 bits per heavy atom. The summed E-state index contributed by atoms with van der Waals surface area (Å²) in [5.74, 6) is 0.977. The van der Waals surface area contributed by atoms with E-state index in [1.807, 2.05) is 0 Å². The summed E-state index contributed by atoms with van der Waals surface area (Å²) in [4.78, 5) is 11.1. The molecule has 7 unspecified atom stereocenters. The van der Waals surface area contributed by atoms with Gasteiger partial charge >= 0.3 is 5.97 Å². The van der Waals surface area contributed by atoms with Crippen LogP contribution in [0.2, 0.25) is 0 Å². The van der Waals surface area contributed by atoms with E-state index in [9.17, 15) is 15.0 Å². The Bertz CT molecular complexity index is 628. The molecule has 0 aromatic heterocycles. The Morgan fingerprint density at radius 1 is 1.12 bits per heavy atom. The minimum atomic E-state index is -0.819. The lowest BCUT2D eigenvalue weighted by Crippen LogP contribution is -2.55. The number of fused-ring (bicyclic) bond motifs is 5. The highest BCUT2D eigenvalue weighted by Crippen LogP contribution is 2.68. The maximum atomic E-state index is 11.4. The van der Waals surface area contributed by atoms with Crippen molar-refractivity contribution < 1.29 is 20.1 Å². The molecule has 7 atom stereocenters. The Hall–Kier alpha value is -0.870. The normalized spacial score (nSPS) is 50.4. The third-order valence-corrected chi connectivity index (χ3v) is 9.16. The first-order valence-corrected chi connectivity index (χ1v) is 10.5. The van der Waals surface area contributed by atoms with E-state index in [1.54, 1.807) is 0 Å². The molecule has 0 bridgehead atoms. The van der Waals surface area contributed by atoms with Crippen LogP contribution in [0.1, 0.15) is 78.1 Å². The molecule has 0 aromatic rings. The number of hydrogen-bond acceptors (Lipinski definition) is 3. The zero-order chi connectivity index (χ0) is 18.7. The van der Waals surface area contributed by atoms with Gasteiger partial charge in [0, 0.05) is 6.42 Å². The fourth-order valence-corrected chi connectivity index (χ4v) is 7.54. The minimum absolute atomic E-state index is 0.0649. The van der Waals surface area contributed by atoms with Crippen molar-refractivity contribution in [1.29, 1.82) is 0 Å². The van der Waals surface area contributed by atoms with E-state index >= 15 is 0 Å². The van der Waals surface area contributed by atoms with Gasteiger partial charge in [-0.1, -0.05) is 25.5 Å². The highest BCUT2D eigenvalue weighted by atomic mass is 16.4. The van der Waals surface area contributed by atoms with E-state index in [2.05, 4.69) is 19.9 Å². The largest absolute Gasteiger partial charge is 0.481 e. The molecule has 4 heteroatoms. The van der Waals surface area contributed by atoms with Crippen molar-refractivity contribution in [2.24, 2.45) is 28.6 Å². The van der Waals surface area contributed by atoms with E-state index in [0.717, 1.165) is 51.4 Å². The molecule has 3 N–H and O–H groups in total. The summed E-state index contributed by atoms with van der Waals surface area (Å²) >= 11 is 0. The van der Waals surface area contributed by atoms with Gasteiger partial charge in [-0.3, -0.25) is 4.79 Å². The molecule has 3 fully saturated rings. The summed E-state index contributed by atoms with van der Waals surface area (Å²) in [5, 5.41) is 30.6. The highest BCUT2D eigenvalue weighted by molar-refractivity contribution is 5.66. The minimum Gasteiger partial charge on any atom is -0.481 e. The van der Waals surface area contributed by atoms with Gasteiger partial charge in [-0.05, 0) is 86.4 Å². The van der Waals surface area contributed by atoms with Crippen LogP contribution < -0.4 is 0 Å². The first-order valence-electron chi connectivity index (χ1n) is 10.5. The van der Waals surface area contributed by atoms with Gasteiger partial charge in [0.1, 0.15) is 0 Å².